The number of aromatic nitrogens is 3. The summed E-state index contributed by atoms with van der Waals surface area (Å²) in [4.78, 5) is 23.4. The van der Waals surface area contributed by atoms with Crippen LogP contribution in [0.2, 0.25) is 0 Å². The van der Waals surface area contributed by atoms with Crippen LogP contribution in [0.1, 0.15) is 36.8 Å². The van der Waals surface area contributed by atoms with Crippen LogP contribution in [0.4, 0.5) is 15.3 Å². The Balaban J connectivity index is 1.23. The number of ether oxygens (including phenoxy) is 1. The number of nitrogens with one attached hydrogen (secondary N) is 2. The number of anilines is 1. The van der Waals surface area contributed by atoms with E-state index in [2.05, 4.69) is 20.9 Å². The molecule has 188 valence electrons. The quantitative estimate of drug-likeness (QED) is 0.292. The van der Waals surface area contributed by atoms with Crippen LogP contribution in [-0.2, 0) is 11.3 Å². The Labute approximate surface area is 214 Å². The predicted molar refractivity (Wildman–Crippen MR) is 139 cm³/mol. The maximum absolute atomic E-state index is 12.2. The summed E-state index contributed by atoms with van der Waals surface area (Å²) < 4.78 is 6.98. The normalized spacial score (nSPS) is 18.1. The van der Waals surface area contributed by atoms with E-state index in [9.17, 15) is 9.59 Å². The third-order valence-corrected chi connectivity index (χ3v) is 6.73. The summed E-state index contributed by atoms with van der Waals surface area (Å²) in [6, 6.07) is 24.7. The molecule has 4 aromatic rings. The van der Waals surface area contributed by atoms with Gasteiger partial charge in [0.05, 0.1) is 17.4 Å². The molecule has 37 heavy (non-hydrogen) atoms. The molecule has 0 saturated heterocycles. The second-order valence-corrected chi connectivity index (χ2v) is 9.10. The van der Waals surface area contributed by atoms with Crippen molar-refractivity contribution in [2.45, 2.75) is 37.8 Å². The molecule has 2 amide bonds. The van der Waals surface area contributed by atoms with Crippen molar-refractivity contribution in [1.82, 2.24) is 20.3 Å². The fraction of sp³-hybridized carbons (Fsp3) is 0.214. The molecule has 9 heteroatoms. The van der Waals surface area contributed by atoms with Gasteiger partial charge in [-0.15, -0.1) is 5.10 Å². The first kappa shape index (κ1) is 24.1. The fourth-order valence-electron chi connectivity index (χ4n) is 4.59. The van der Waals surface area contributed by atoms with Gasteiger partial charge in [-0.25, -0.2) is 14.3 Å². The molecule has 2 atom stereocenters. The molecule has 0 bridgehead atoms. The summed E-state index contributed by atoms with van der Waals surface area (Å²) in [6.45, 7) is 2.19. The molecule has 9 nitrogen and oxygen atoms in total. The van der Waals surface area contributed by atoms with Gasteiger partial charge in [0.2, 0.25) is 0 Å². The maximum Gasteiger partial charge on any atom is 0.411 e. The van der Waals surface area contributed by atoms with Crippen molar-refractivity contribution in [2.75, 3.05) is 5.32 Å². The Morgan fingerprint density at radius 2 is 1.86 bits per heavy atom. The van der Waals surface area contributed by atoms with Crippen LogP contribution < -0.4 is 10.6 Å². The minimum atomic E-state index is -0.987. The summed E-state index contributed by atoms with van der Waals surface area (Å²) in [5.74, 6) is 0.170. The first-order chi connectivity index (χ1) is 18.0. The van der Waals surface area contributed by atoms with Crippen LogP contribution in [-0.4, -0.2) is 37.8 Å². The molecule has 1 fully saturated rings. The summed E-state index contributed by atoms with van der Waals surface area (Å²) in [6.07, 6.45) is 1.84. The SMILES string of the molecule is CC[C@@]1(NC(=O)O)C[C@H]1c1ccc(-n2cc(-c3cccc(NC(=O)OCc4ccccc4)c3)nn2)cc1. The van der Waals surface area contributed by atoms with E-state index in [1.807, 2.05) is 85.9 Å². The summed E-state index contributed by atoms with van der Waals surface area (Å²) >= 11 is 0. The number of carbonyl (C=O) groups is 2. The summed E-state index contributed by atoms with van der Waals surface area (Å²) in [5, 5.41) is 23.1. The van der Waals surface area contributed by atoms with Crippen molar-refractivity contribution in [3.63, 3.8) is 0 Å². The van der Waals surface area contributed by atoms with E-state index in [1.165, 1.54) is 0 Å². The standard InChI is InChI=1S/C28H27N5O4/c1-2-28(30-26(34)35)16-24(28)20-11-13-23(14-12-20)33-17-25(31-32-33)21-9-6-10-22(15-21)29-27(36)37-18-19-7-4-3-5-8-19/h3-15,17,24,30H,2,16,18H2,1H3,(H,29,36)(H,34,35)/t24-,28+/m0/s1. The van der Waals surface area contributed by atoms with E-state index in [4.69, 9.17) is 9.84 Å². The van der Waals surface area contributed by atoms with Crippen LogP contribution in [0, 0.1) is 0 Å². The lowest BCUT2D eigenvalue weighted by Crippen LogP contribution is -2.36. The molecular formula is C28H27N5O4. The number of nitrogens with zero attached hydrogens (tertiary/aromatic N) is 3. The number of carbonyl (C=O) groups excluding carboxylic acids is 1. The third-order valence-electron chi connectivity index (χ3n) is 6.73. The molecule has 0 unspecified atom stereocenters. The average molecular weight is 498 g/mol. The zero-order chi connectivity index (χ0) is 25.8. The van der Waals surface area contributed by atoms with Gasteiger partial charge in [0.15, 0.2) is 0 Å². The van der Waals surface area contributed by atoms with Crippen molar-refractivity contribution >= 4 is 17.9 Å². The minimum Gasteiger partial charge on any atom is -0.465 e. The second-order valence-electron chi connectivity index (χ2n) is 9.10. The van der Waals surface area contributed by atoms with Gasteiger partial charge in [0.25, 0.3) is 0 Å². The number of hydrogen-bond acceptors (Lipinski definition) is 5. The van der Waals surface area contributed by atoms with E-state index < -0.39 is 12.2 Å². The third kappa shape index (κ3) is 5.45. The van der Waals surface area contributed by atoms with Gasteiger partial charge in [0, 0.05) is 17.2 Å². The van der Waals surface area contributed by atoms with Crippen molar-refractivity contribution in [1.29, 1.82) is 0 Å². The molecule has 1 aliphatic rings. The zero-order valence-corrected chi connectivity index (χ0v) is 20.3. The molecule has 1 saturated carbocycles. The molecule has 3 aromatic carbocycles. The first-order valence-electron chi connectivity index (χ1n) is 12.1. The van der Waals surface area contributed by atoms with Crippen LogP contribution >= 0.6 is 0 Å². The van der Waals surface area contributed by atoms with Gasteiger partial charge < -0.3 is 15.2 Å². The van der Waals surface area contributed by atoms with Crippen molar-refractivity contribution in [2.24, 2.45) is 0 Å². The van der Waals surface area contributed by atoms with Gasteiger partial charge in [-0.2, -0.15) is 0 Å². The molecule has 1 aliphatic carbocycles. The Morgan fingerprint density at radius 3 is 2.59 bits per heavy atom. The van der Waals surface area contributed by atoms with E-state index in [0.29, 0.717) is 11.4 Å². The van der Waals surface area contributed by atoms with E-state index in [-0.39, 0.29) is 18.1 Å². The van der Waals surface area contributed by atoms with Crippen molar-refractivity contribution < 1.29 is 19.4 Å². The van der Waals surface area contributed by atoms with E-state index in [1.54, 1.807) is 10.7 Å². The van der Waals surface area contributed by atoms with Crippen LogP contribution in [0.15, 0.2) is 85.1 Å². The predicted octanol–water partition coefficient (Wildman–Crippen LogP) is 5.59. The average Bonchev–Trinajstić information content (AvgIpc) is 3.39. The lowest BCUT2D eigenvalue weighted by molar-refractivity contribution is 0.155. The van der Waals surface area contributed by atoms with Crippen LogP contribution in [0.25, 0.3) is 16.9 Å². The van der Waals surface area contributed by atoms with Crippen molar-refractivity contribution in [3.05, 3.63) is 96.2 Å². The molecular weight excluding hydrogens is 470 g/mol. The Morgan fingerprint density at radius 1 is 1.08 bits per heavy atom. The molecule has 3 N–H and O–H groups in total. The monoisotopic (exact) mass is 497 g/mol. The molecule has 1 aromatic heterocycles. The van der Waals surface area contributed by atoms with Crippen LogP contribution in [0.3, 0.4) is 0 Å². The largest absolute Gasteiger partial charge is 0.465 e. The lowest BCUT2D eigenvalue weighted by atomic mass is 10.0. The van der Waals surface area contributed by atoms with Gasteiger partial charge in [-0.1, -0.05) is 66.7 Å². The molecule has 1 heterocycles. The number of rotatable bonds is 8. The van der Waals surface area contributed by atoms with Gasteiger partial charge in [0.1, 0.15) is 12.3 Å². The van der Waals surface area contributed by atoms with E-state index in [0.717, 1.165) is 35.2 Å². The van der Waals surface area contributed by atoms with Gasteiger partial charge >= 0.3 is 12.2 Å². The Kier molecular flexibility index (Phi) is 6.59. The Hall–Kier alpha value is -4.66. The highest BCUT2D eigenvalue weighted by molar-refractivity contribution is 5.85. The first-order valence-corrected chi connectivity index (χ1v) is 12.1. The van der Waals surface area contributed by atoms with Gasteiger partial charge in [-0.3, -0.25) is 5.32 Å². The highest BCUT2D eigenvalue weighted by atomic mass is 16.5. The molecule has 0 spiro atoms. The number of benzene rings is 3. The van der Waals surface area contributed by atoms with Gasteiger partial charge in [-0.05, 0) is 48.2 Å². The topological polar surface area (TPSA) is 118 Å². The lowest BCUT2D eigenvalue weighted by Gasteiger charge is -2.15. The smallest absolute Gasteiger partial charge is 0.411 e. The molecule has 5 rings (SSSR count). The highest BCUT2D eigenvalue weighted by Gasteiger charge is 2.54. The summed E-state index contributed by atoms with van der Waals surface area (Å²) in [5.41, 5.74) is 4.52. The molecule has 0 radical (unpaired) electrons. The zero-order valence-electron chi connectivity index (χ0n) is 20.3. The number of amides is 2. The second kappa shape index (κ2) is 10.1. The number of hydrogen-bond donors (Lipinski definition) is 3. The Bertz CT molecular complexity index is 1400. The van der Waals surface area contributed by atoms with Crippen LogP contribution in [0.5, 0.6) is 0 Å². The number of carboxylic acid groups (broad SMARTS) is 1. The van der Waals surface area contributed by atoms with E-state index >= 15 is 0 Å². The minimum absolute atomic E-state index is 0.170. The summed E-state index contributed by atoms with van der Waals surface area (Å²) in [7, 11) is 0. The molecule has 0 aliphatic heterocycles. The maximum atomic E-state index is 12.2. The van der Waals surface area contributed by atoms with Crippen molar-refractivity contribution in [3.8, 4) is 16.9 Å². The fourth-order valence-corrected chi connectivity index (χ4v) is 4.59. The highest BCUT2D eigenvalue weighted by Crippen LogP contribution is 2.53.